The second-order valence-corrected chi connectivity index (χ2v) is 8.06. The van der Waals surface area contributed by atoms with Crippen LogP contribution in [0, 0.1) is 0 Å². The summed E-state index contributed by atoms with van der Waals surface area (Å²) in [7, 11) is 0. The molecule has 27 heavy (non-hydrogen) atoms. The number of amides is 2. The van der Waals surface area contributed by atoms with Crippen LogP contribution in [0.15, 0.2) is 41.8 Å². The summed E-state index contributed by atoms with van der Waals surface area (Å²) in [6, 6.07) is 12.0. The quantitative estimate of drug-likeness (QED) is 0.815. The standard InChI is InChI=1S/C21H24N2O3S/c24-20(18-7-2-1-5-16(18)15-17-6-4-14-27-17)22-9-11-23(12-10-22)21(25)19-8-3-13-26-19/h1-2,4-7,14,19H,3,8-13,15H2. The van der Waals surface area contributed by atoms with Gasteiger partial charge >= 0.3 is 0 Å². The summed E-state index contributed by atoms with van der Waals surface area (Å²) in [5.41, 5.74) is 1.83. The number of carbonyl (C=O) groups is 2. The predicted molar refractivity (Wildman–Crippen MR) is 105 cm³/mol. The molecular formula is C21H24N2O3S. The van der Waals surface area contributed by atoms with Crippen molar-refractivity contribution in [2.45, 2.75) is 25.4 Å². The highest BCUT2D eigenvalue weighted by Gasteiger charge is 2.31. The van der Waals surface area contributed by atoms with Crippen LogP contribution in [-0.4, -0.2) is 60.5 Å². The van der Waals surface area contributed by atoms with Gasteiger partial charge in [-0.1, -0.05) is 24.3 Å². The summed E-state index contributed by atoms with van der Waals surface area (Å²) in [5.74, 6) is 0.143. The lowest BCUT2D eigenvalue weighted by atomic mass is 10.0. The van der Waals surface area contributed by atoms with Crippen LogP contribution in [0.4, 0.5) is 0 Å². The maximum atomic E-state index is 13.1. The minimum absolute atomic E-state index is 0.0615. The number of nitrogens with zero attached hydrogens (tertiary/aromatic N) is 2. The molecule has 0 saturated carbocycles. The summed E-state index contributed by atoms with van der Waals surface area (Å²) in [6.45, 7) is 2.99. The number of piperazine rings is 1. The van der Waals surface area contributed by atoms with Crippen molar-refractivity contribution in [1.29, 1.82) is 0 Å². The molecule has 1 unspecified atom stereocenters. The van der Waals surface area contributed by atoms with E-state index in [-0.39, 0.29) is 17.9 Å². The molecule has 1 aromatic carbocycles. The van der Waals surface area contributed by atoms with Crippen LogP contribution < -0.4 is 0 Å². The molecule has 1 atom stereocenters. The highest BCUT2D eigenvalue weighted by molar-refractivity contribution is 7.09. The van der Waals surface area contributed by atoms with Crippen molar-refractivity contribution in [1.82, 2.24) is 9.80 Å². The van der Waals surface area contributed by atoms with Crippen LogP contribution in [0.5, 0.6) is 0 Å². The summed E-state index contributed by atoms with van der Waals surface area (Å²) in [5, 5.41) is 2.06. The van der Waals surface area contributed by atoms with Crippen LogP contribution in [0.25, 0.3) is 0 Å². The van der Waals surface area contributed by atoms with E-state index in [1.807, 2.05) is 40.1 Å². The lowest BCUT2D eigenvalue weighted by Gasteiger charge is -2.36. The number of hydrogen-bond acceptors (Lipinski definition) is 4. The highest BCUT2D eigenvalue weighted by atomic mass is 32.1. The van der Waals surface area contributed by atoms with Crippen LogP contribution >= 0.6 is 11.3 Å². The minimum atomic E-state index is -0.279. The molecule has 2 aliphatic rings. The normalized spacial score (nSPS) is 20.1. The van der Waals surface area contributed by atoms with Gasteiger partial charge < -0.3 is 14.5 Å². The van der Waals surface area contributed by atoms with Gasteiger partial charge in [0.25, 0.3) is 11.8 Å². The van der Waals surface area contributed by atoms with Gasteiger partial charge in [-0.15, -0.1) is 11.3 Å². The summed E-state index contributed by atoms with van der Waals surface area (Å²) < 4.78 is 5.51. The van der Waals surface area contributed by atoms with Gasteiger partial charge in [-0.05, 0) is 35.9 Å². The zero-order valence-corrected chi connectivity index (χ0v) is 16.1. The van der Waals surface area contributed by atoms with Gasteiger partial charge in [0, 0.05) is 49.6 Å². The van der Waals surface area contributed by atoms with Gasteiger partial charge in [-0.2, -0.15) is 0 Å². The van der Waals surface area contributed by atoms with Crippen molar-refractivity contribution in [2.75, 3.05) is 32.8 Å². The lowest BCUT2D eigenvalue weighted by molar-refractivity contribution is -0.142. The summed E-state index contributed by atoms with van der Waals surface area (Å²) >= 11 is 1.71. The first-order valence-corrected chi connectivity index (χ1v) is 10.4. The minimum Gasteiger partial charge on any atom is -0.368 e. The number of carbonyl (C=O) groups excluding carboxylic acids is 2. The summed E-state index contributed by atoms with van der Waals surface area (Å²) in [6.07, 6.45) is 2.26. The Morgan fingerprint density at radius 3 is 2.52 bits per heavy atom. The van der Waals surface area contributed by atoms with Gasteiger partial charge in [0.05, 0.1) is 0 Å². The Kier molecular flexibility index (Phi) is 5.55. The van der Waals surface area contributed by atoms with Crippen LogP contribution in [0.2, 0.25) is 0 Å². The SMILES string of the molecule is O=C(c1ccccc1Cc1cccs1)N1CCN(C(=O)C2CCCO2)CC1. The molecule has 0 radical (unpaired) electrons. The molecule has 5 nitrogen and oxygen atoms in total. The number of rotatable bonds is 4. The van der Waals surface area contributed by atoms with E-state index < -0.39 is 0 Å². The molecule has 2 saturated heterocycles. The molecule has 2 amide bonds. The third kappa shape index (κ3) is 4.06. The number of hydrogen-bond donors (Lipinski definition) is 0. The van der Waals surface area contributed by atoms with Crippen LogP contribution in [0.3, 0.4) is 0 Å². The molecule has 0 spiro atoms. The Hall–Kier alpha value is -2.18. The highest BCUT2D eigenvalue weighted by Crippen LogP contribution is 2.21. The first-order chi connectivity index (χ1) is 13.2. The second-order valence-electron chi connectivity index (χ2n) is 7.03. The van der Waals surface area contributed by atoms with Crippen molar-refractivity contribution < 1.29 is 14.3 Å². The molecule has 2 aliphatic heterocycles. The monoisotopic (exact) mass is 384 g/mol. The fourth-order valence-corrected chi connectivity index (χ4v) is 4.49. The topological polar surface area (TPSA) is 49.9 Å². The van der Waals surface area contributed by atoms with E-state index in [1.165, 1.54) is 4.88 Å². The maximum Gasteiger partial charge on any atom is 0.254 e. The average Bonchev–Trinajstić information content (AvgIpc) is 3.42. The molecule has 142 valence electrons. The fourth-order valence-electron chi connectivity index (χ4n) is 3.76. The van der Waals surface area contributed by atoms with E-state index in [1.54, 1.807) is 11.3 Å². The van der Waals surface area contributed by atoms with Gasteiger partial charge in [0.15, 0.2) is 0 Å². The zero-order chi connectivity index (χ0) is 18.6. The average molecular weight is 385 g/mol. The maximum absolute atomic E-state index is 13.1. The summed E-state index contributed by atoms with van der Waals surface area (Å²) in [4.78, 5) is 30.5. The third-order valence-electron chi connectivity index (χ3n) is 5.28. The number of ether oxygens (including phenoxy) is 1. The largest absolute Gasteiger partial charge is 0.368 e. The molecule has 0 N–H and O–H groups in total. The Balaban J connectivity index is 1.40. The van der Waals surface area contributed by atoms with E-state index in [4.69, 9.17) is 4.74 Å². The van der Waals surface area contributed by atoms with Gasteiger partial charge in [-0.25, -0.2) is 0 Å². The second kappa shape index (κ2) is 8.23. The van der Waals surface area contributed by atoms with E-state index in [0.29, 0.717) is 32.8 Å². The molecule has 0 bridgehead atoms. The molecule has 6 heteroatoms. The lowest BCUT2D eigenvalue weighted by Crippen LogP contribution is -2.52. The first-order valence-electron chi connectivity index (χ1n) is 9.52. The Bertz CT molecular complexity index is 792. The smallest absolute Gasteiger partial charge is 0.254 e. The Morgan fingerprint density at radius 2 is 1.81 bits per heavy atom. The van der Waals surface area contributed by atoms with Gasteiger partial charge in [-0.3, -0.25) is 9.59 Å². The Labute approximate surface area is 163 Å². The first kappa shape index (κ1) is 18.2. The van der Waals surface area contributed by atoms with Crippen molar-refractivity contribution in [3.05, 3.63) is 57.8 Å². The molecule has 1 aromatic heterocycles. The molecule has 3 heterocycles. The van der Waals surface area contributed by atoms with Crippen LogP contribution in [0.1, 0.15) is 33.6 Å². The third-order valence-corrected chi connectivity index (χ3v) is 6.15. The number of benzene rings is 1. The fraction of sp³-hybridized carbons (Fsp3) is 0.429. The molecule has 2 aromatic rings. The van der Waals surface area contributed by atoms with E-state index >= 15 is 0 Å². The molecule has 0 aliphatic carbocycles. The predicted octanol–water partition coefficient (Wildman–Crippen LogP) is 2.80. The Morgan fingerprint density at radius 1 is 1.04 bits per heavy atom. The number of thiophene rings is 1. The van der Waals surface area contributed by atoms with E-state index in [0.717, 1.165) is 30.4 Å². The molecule has 2 fully saturated rings. The molecule has 4 rings (SSSR count). The van der Waals surface area contributed by atoms with Gasteiger partial charge in [0.1, 0.15) is 6.10 Å². The van der Waals surface area contributed by atoms with Crippen molar-refractivity contribution in [2.24, 2.45) is 0 Å². The van der Waals surface area contributed by atoms with Gasteiger partial charge in [0.2, 0.25) is 0 Å². The zero-order valence-electron chi connectivity index (χ0n) is 15.3. The van der Waals surface area contributed by atoms with Crippen molar-refractivity contribution >= 4 is 23.2 Å². The molecular weight excluding hydrogens is 360 g/mol. The van der Waals surface area contributed by atoms with E-state index in [2.05, 4.69) is 11.4 Å². The van der Waals surface area contributed by atoms with Crippen LogP contribution in [-0.2, 0) is 16.0 Å². The van der Waals surface area contributed by atoms with Crippen molar-refractivity contribution in [3.63, 3.8) is 0 Å². The van der Waals surface area contributed by atoms with E-state index in [9.17, 15) is 9.59 Å². The van der Waals surface area contributed by atoms with Crippen molar-refractivity contribution in [3.8, 4) is 0 Å².